The smallest absolute Gasteiger partial charge is 0.338 e. The Hall–Kier alpha value is -3.48. The van der Waals surface area contributed by atoms with Crippen LogP contribution in [0.5, 0.6) is 0 Å². The first-order valence-corrected chi connectivity index (χ1v) is 9.42. The minimum absolute atomic E-state index is 0.00494. The van der Waals surface area contributed by atoms with E-state index in [0.717, 1.165) is 16.8 Å². The van der Waals surface area contributed by atoms with Gasteiger partial charge >= 0.3 is 5.97 Å². The predicted molar refractivity (Wildman–Crippen MR) is 106 cm³/mol. The molecule has 148 valence electrons. The molecule has 7 nitrogen and oxygen atoms in total. The number of hydrogen-bond donors (Lipinski definition) is 0. The van der Waals surface area contributed by atoms with Gasteiger partial charge in [-0.2, -0.15) is 4.98 Å². The van der Waals surface area contributed by atoms with Crippen LogP contribution in [0, 0.1) is 0 Å². The molecule has 0 spiro atoms. The molecule has 0 N–H and O–H groups in total. The lowest BCUT2D eigenvalue weighted by atomic mass is 10.0. The third-order valence-corrected chi connectivity index (χ3v) is 5.03. The fourth-order valence-corrected chi connectivity index (χ4v) is 3.23. The minimum atomic E-state index is -0.512. The summed E-state index contributed by atoms with van der Waals surface area (Å²) in [7, 11) is 1.69. The van der Waals surface area contributed by atoms with E-state index in [1.54, 1.807) is 30.1 Å². The van der Waals surface area contributed by atoms with Crippen LogP contribution in [0.3, 0.4) is 0 Å². The van der Waals surface area contributed by atoms with Gasteiger partial charge in [-0.3, -0.25) is 4.79 Å². The van der Waals surface area contributed by atoms with Gasteiger partial charge in [0.1, 0.15) is 0 Å². The lowest BCUT2D eigenvalue weighted by Gasteiger charge is -2.11. The topological polar surface area (TPSA) is 85.5 Å². The summed E-state index contributed by atoms with van der Waals surface area (Å²) in [6, 6.07) is 13.0. The van der Waals surface area contributed by atoms with Gasteiger partial charge in [-0.05, 0) is 29.2 Å². The van der Waals surface area contributed by atoms with Gasteiger partial charge in [-0.1, -0.05) is 49.3 Å². The highest BCUT2D eigenvalue weighted by Crippen LogP contribution is 2.29. The number of hydrogen-bond acceptors (Lipinski definition) is 6. The molecule has 7 heteroatoms. The molecule has 0 bridgehead atoms. The summed E-state index contributed by atoms with van der Waals surface area (Å²) in [5.41, 5.74) is 4.07. The summed E-state index contributed by atoms with van der Waals surface area (Å²) in [6.07, 6.45) is 0.351. The molecule has 2 aromatic carbocycles. The Labute approximate surface area is 168 Å². The summed E-state index contributed by atoms with van der Waals surface area (Å²) >= 11 is 0. The highest BCUT2D eigenvalue weighted by Gasteiger charge is 2.25. The molecule has 1 aromatic heterocycles. The first-order chi connectivity index (χ1) is 13.9. The second-order valence-corrected chi connectivity index (χ2v) is 7.34. The Bertz CT molecular complexity index is 1070. The van der Waals surface area contributed by atoms with Crippen LogP contribution < -0.4 is 4.90 Å². The monoisotopic (exact) mass is 391 g/mol. The number of rotatable bonds is 5. The maximum atomic E-state index is 12.4. The van der Waals surface area contributed by atoms with E-state index in [2.05, 4.69) is 24.0 Å². The first-order valence-electron chi connectivity index (χ1n) is 9.42. The zero-order valence-corrected chi connectivity index (χ0v) is 16.5. The molecule has 0 saturated carbocycles. The minimum Gasteiger partial charge on any atom is -0.452 e. The van der Waals surface area contributed by atoms with E-state index < -0.39 is 5.97 Å². The van der Waals surface area contributed by atoms with Gasteiger partial charge in [-0.25, -0.2) is 4.79 Å². The molecule has 0 radical (unpaired) electrons. The van der Waals surface area contributed by atoms with Gasteiger partial charge < -0.3 is 14.2 Å². The van der Waals surface area contributed by atoms with Crippen LogP contribution in [-0.2, 0) is 22.6 Å². The van der Waals surface area contributed by atoms with E-state index >= 15 is 0 Å². The SMILES string of the molecule is CC(C)c1ccc(-c2noc(COC(=O)c3ccc4c(c3)N(C)C(=O)C4)n2)cc1. The lowest BCUT2D eigenvalue weighted by molar-refractivity contribution is -0.117. The summed E-state index contributed by atoms with van der Waals surface area (Å²) in [5, 5.41) is 3.96. The van der Waals surface area contributed by atoms with E-state index in [1.807, 2.05) is 24.3 Å². The average molecular weight is 391 g/mol. The van der Waals surface area contributed by atoms with Crippen molar-refractivity contribution in [2.24, 2.45) is 0 Å². The molecule has 1 aliphatic heterocycles. The molecule has 0 saturated heterocycles. The van der Waals surface area contributed by atoms with Crippen molar-refractivity contribution >= 4 is 17.6 Å². The van der Waals surface area contributed by atoms with Crippen molar-refractivity contribution in [1.29, 1.82) is 0 Å². The normalized spacial score (nSPS) is 13.1. The molecule has 0 unspecified atom stereocenters. The van der Waals surface area contributed by atoms with Crippen molar-refractivity contribution in [2.75, 3.05) is 11.9 Å². The van der Waals surface area contributed by atoms with Crippen molar-refractivity contribution in [1.82, 2.24) is 10.1 Å². The lowest BCUT2D eigenvalue weighted by Crippen LogP contribution is -2.20. The Morgan fingerprint density at radius 1 is 1.21 bits per heavy atom. The fourth-order valence-electron chi connectivity index (χ4n) is 3.23. The summed E-state index contributed by atoms with van der Waals surface area (Å²) in [6.45, 7) is 4.14. The molecule has 1 amide bonds. The number of carbonyl (C=O) groups is 2. The molecular weight excluding hydrogens is 370 g/mol. The van der Waals surface area contributed by atoms with E-state index in [0.29, 0.717) is 23.7 Å². The highest BCUT2D eigenvalue weighted by atomic mass is 16.6. The first kappa shape index (κ1) is 18.9. The van der Waals surface area contributed by atoms with Crippen LogP contribution in [0.2, 0.25) is 0 Å². The second-order valence-electron chi connectivity index (χ2n) is 7.34. The third kappa shape index (κ3) is 3.76. The Kier molecular flexibility index (Phi) is 4.88. The summed E-state index contributed by atoms with van der Waals surface area (Å²) in [4.78, 5) is 30.0. The third-order valence-electron chi connectivity index (χ3n) is 5.03. The van der Waals surface area contributed by atoms with Gasteiger partial charge in [0.2, 0.25) is 11.7 Å². The van der Waals surface area contributed by atoms with E-state index in [9.17, 15) is 9.59 Å². The van der Waals surface area contributed by atoms with Crippen LogP contribution in [0.1, 0.15) is 47.1 Å². The maximum Gasteiger partial charge on any atom is 0.338 e. The molecule has 0 fully saturated rings. The molecule has 4 rings (SSSR count). The van der Waals surface area contributed by atoms with Gasteiger partial charge in [0.25, 0.3) is 5.89 Å². The standard InChI is InChI=1S/C22H21N3O4/c1-13(2)14-4-6-15(7-5-14)21-23-19(29-24-21)12-28-22(27)17-9-8-16-11-20(26)25(3)18(16)10-17/h4-10,13H,11-12H2,1-3H3. The molecule has 1 aliphatic rings. The Morgan fingerprint density at radius 3 is 2.69 bits per heavy atom. The number of benzene rings is 2. The van der Waals surface area contributed by atoms with Gasteiger partial charge in [-0.15, -0.1) is 0 Å². The quantitative estimate of drug-likeness (QED) is 0.616. The van der Waals surface area contributed by atoms with Crippen LogP contribution in [0.25, 0.3) is 11.4 Å². The number of fused-ring (bicyclic) bond motifs is 1. The number of nitrogens with zero attached hydrogens (tertiary/aromatic N) is 3. The summed E-state index contributed by atoms with van der Waals surface area (Å²) < 4.78 is 10.5. The zero-order valence-electron chi connectivity index (χ0n) is 16.5. The van der Waals surface area contributed by atoms with Crippen molar-refractivity contribution < 1.29 is 18.8 Å². The zero-order chi connectivity index (χ0) is 20.5. The number of ether oxygens (including phenoxy) is 1. The van der Waals surface area contributed by atoms with Crippen LogP contribution in [0.4, 0.5) is 5.69 Å². The predicted octanol–water partition coefficient (Wildman–Crippen LogP) is 3.74. The average Bonchev–Trinajstić information content (AvgIpc) is 3.31. The fraction of sp³-hybridized carbons (Fsp3) is 0.273. The summed E-state index contributed by atoms with van der Waals surface area (Å²) in [5.74, 6) is 0.604. The molecule has 2 heterocycles. The Balaban J connectivity index is 1.41. The second kappa shape index (κ2) is 7.50. The molecule has 29 heavy (non-hydrogen) atoms. The number of amides is 1. The van der Waals surface area contributed by atoms with Gasteiger partial charge in [0, 0.05) is 18.3 Å². The number of likely N-dealkylation sites (N-methyl/N-ethyl adjacent to an activating group) is 1. The number of aromatic nitrogens is 2. The highest BCUT2D eigenvalue weighted by molar-refractivity contribution is 6.02. The van der Waals surface area contributed by atoms with Crippen molar-refractivity contribution in [3.05, 3.63) is 65.0 Å². The molecule has 0 atom stereocenters. The Morgan fingerprint density at radius 2 is 1.97 bits per heavy atom. The molecule has 0 aliphatic carbocycles. The van der Waals surface area contributed by atoms with Gasteiger partial charge in [0.05, 0.1) is 12.0 Å². The molecule has 3 aromatic rings. The number of anilines is 1. The largest absolute Gasteiger partial charge is 0.452 e. The van der Waals surface area contributed by atoms with Crippen molar-refractivity contribution in [3.8, 4) is 11.4 Å². The number of carbonyl (C=O) groups excluding carboxylic acids is 2. The van der Waals surface area contributed by atoms with Gasteiger partial charge in [0.15, 0.2) is 6.61 Å². The van der Waals surface area contributed by atoms with Crippen molar-refractivity contribution in [2.45, 2.75) is 32.8 Å². The van der Waals surface area contributed by atoms with E-state index in [-0.39, 0.29) is 18.4 Å². The van der Waals surface area contributed by atoms with Crippen LogP contribution in [0.15, 0.2) is 47.0 Å². The van der Waals surface area contributed by atoms with Crippen molar-refractivity contribution in [3.63, 3.8) is 0 Å². The van der Waals surface area contributed by atoms with Crippen LogP contribution >= 0.6 is 0 Å². The maximum absolute atomic E-state index is 12.4. The van der Waals surface area contributed by atoms with Crippen LogP contribution in [-0.4, -0.2) is 29.1 Å². The van der Waals surface area contributed by atoms with E-state index in [4.69, 9.17) is 9.26 Å². The van der Waals surface area contributed by atoms with E-state index in [1.165, 1.54) is 5.56 Å². The number of esters is 1. The molecular formula is C22H21N3O4.